The lowest BCUT2D eigenvalue weighted by Gasteiger charge is -2.29. The molecule has 27 heavy (non-hydrogen) atoms. The summed E-state index contributed by atoms with van der Waals surface area (Å²) in [6.45, 7) is 7.70. The van der Waals surface area contributed by atoms with E-state index < -0.39 is 0 Å². The van der Waals surface area contributed by atoms with E-state index in [9.17, 15) is 0 Å². The van der Waals surface area contributed by atoms with Gasteiger partial charge in [-0.25, -0.2) is 0 Å². The van der Waals surface area contributed by atoms with Gasteiger partial charge in [0.25, 0.3) is 0 Å². The Morgan fingerprint density at radius 2 is 2.00 bits per heavy atom. The van der Waals surface area contributed by atoms with Crippen molar-refractivity contribution in [2.75, 3.05) is 33.2 Å². The van der Waals surface area contributed by atoms with Crippen LogP contribution in [0.15, 0.2) is 52.1 Å². The minimum Gasteiger partial charge on any atom is -0.488 e. The van der Waals surface area contributed by atoms with Crippen LogP contribution in [-0.2, 0) is 6.42 Å². The maximum Gasteiger partial charge on any atom is 0.191 e. The summed E-state index contributed by atoms with van der Waals surface area (Å²) >= 11 is 0. The third-order valence-corrected chi connectivity index (χ3v) is 5.02. The predicted octanol–water partition coefficient (Wildman–Crippen LogP) is 2.83. The minimum atomic E-state index is 0.129. The normalized spacial score (nSPS) is 17.5. The zero-order valence-corrected chi connectivity index (χ0v) is 16.4. The van der Waals surface area contributed by atoms with E-state index in [4.69, 9.17) is 9.15 Å². The number of fused-ring (bicyclic) bond motifs is 1. The van der Waals surface area contributed by atoms with Crippen LogP contribution < -0.4 is 15.4 Å². The first kappa shape index (κ1) is 19.3. The maximum atomic E-state index is 5.99. The zero-order valence-electron chi connectivity index (χ0n) is 16.4. The molecule has 1 aliphatic rings. The average molecular weight is 370 g/mol. The van der Waals surface area contributed by atoms with Gasteiger partial charge in [-0.05, 0) is 36.9 Å². The van der Waals surface area contributed by atoms with Crippen molar-refractivity contribution in [3.05, 3.63) is 54.0 Å². The lowest BCUT2D eigenvalue weighted by molar-refractivity contribution is 0.193. The summed E-state index contributed by atoms with van der Waals surface area (Å²) in [5, 5.41) is 6.82. The van der Waals surface area contributed by atoms with Crippen molar-refractivity contribution in [2.45, 2.75) is 32.4 Å². The van der Waals surface area contributed by atoms with Crippen LogP contribution in [0.1, 0.15) is 31.2 Å². The number of rotatable bonds is 8. The highest BCUT2D eigenvalue weighted by atomic mass is 16.5. The number of nitrogens with one attached hydrogen (secondary N) is 2. The third-order valence-electron chi connectivity index (χ3n) is 5.02. The number of para-hydroxylation sites is 1. The first-order valence-corrected chi connectivity index (χ1v) is 9.71. The smallest absolute Gasteiger partial charge is 0.191 e. The Hall–Kier alpha value is -2.47. The topological polar surface area (TPSA) is 62.0 Å². The molecule has 146 valence electrons. The van der Waals surface area contributed by atoms with E-state index >= 15 is 0 Å². The predicted molar refractivity (Wildman–Crippen MR) is 108 cm³/mol. The molecule has 0 amide bonds. The van der Waals surface area contributed by atoms with Crippen molar-refractivity contribution in [1.82, 2.24) is 15.5 Å². The van der Waals surface area contributed by atoms with Crippen molar-refractivity contribution in [2.24, 2.45) is 4.99 Å². The summed E-state index contributed by atoms with van der Waals surface area (Å²) < 4.78 is 11.7. The standard InChI is InChI=1S/C21H30N4O2/c1-4-25(5-2)18(20-11-8-12-26-20)15-24-21(22-3)23-14-17-13-16-9-6-7-10-19(16)27-17/h6-12,17-18H,4-5,13-15H2,1-3H3,(H2,22,23,24). The number of guanidine groups is 1. The molecule has 2 heterocycles. The molecule has 6 nitrogen and oxygen atoms in total. The van der Waals surface area contributed by atoms with E-state index in [2.05, 4.69) is 46.5 Å². The van der Waals surface area contributed by atoms with E-state index in [0.717, 1.165) is 43.5 Å². The Morgan fingerprint density at radius 1 is 1.19 bits per heavy atom. The number of benzene rings is 1. The molecular formula is C21H30N4O2. The summed E-state index contributed by atoms with van der Waals surface area (Å²) in [7, 11) is 1.79. The van der Waals surface area contributed by atoms with Crippen LogP contribution in [0.4, 0.5) is 0 Å². The van der Waals surface area contributed by atoms with Crippen LogP contribution in [-0.4, -0.2) is 50.2 Å². The number of likely N-dealkylation sites (N-methyl/N-ethyl adjacent to an activating group) is 1. The van der Waals surface area contributed by atoms with E-state index in [1.165, 1.54) is 5.56 Å². The molecule has 1 aliphatic heterocycles. The second-order valence-electron chi connectivity index (χ2n) is 6.64. The number of aliphatic imine (C=N–C) groups is 1. The molecule has 0 saturated heterocycles. The highest BCUT2D eigenvalue weighted by Crippen LogP contribution is 2.27. The molecule has 0 bridgehead atoms. The van der Waals surface area contributed by atoms with Crippen LogP contribution >= 0.6 is 0 Å². The molecule has 0 spiro atoms. The van der Waals surface area contributed by atoms with Crippen LogP contribution in [0.5, 0.6) is 5.75 Å². The Labute approximate surface area is 161 Å². The molecule has 1 aromatic carbocycles. The molecule has 3 rings (SSSR count). The summed E-state index contributed by atoms with van der Waals surface area (Å²) in [6, 6.07) is 12.4. The van der Waals surface area contributed by atoms with Gasteiger partial charge in [0.15, 0.2) is 5.96 Å². The van der Waals surface area contributed by atoms with Gasteiger partial charge in [0.05, 0.1) is 18.8 Å². The number of hydrogen-bond donors (Lipinski definition) is 2. The van der Waals surface area contributed by atoms with Crippen molar-refractivity contribution in [3.8, 4) is 5.75 Å². The molecule has 0 fully saturated rings. The van der Waals surface area contributed by atoms with Gasteiger partial charge in [-0.3, -0.25) is 9.89 Å². The van der Waals surface area contributed by atoms with Gasteiger partial charge in [0.2, 0.25) is 0 Å². The number of nitrogens with zero attached hydrogens (tertiary/aromatic N) is 2. The Bertz CT molecular complexity index is 701. The lowest BCUT2D eigenvalue weighted by atomic mass is 10.1. The van der Waals surface area contributed by atoms with Crippen LogP contribution in [0.2, 0.25) is 0 Å². The Kier molecular flexibility index (Phi) is 6.76. The van der Waals surface area contributed by atoms with Gasteiger partial charge < -0.3 is 19.8 Å². The lowest BCUT2D eigenvalue weighted by Crippen LogP contribution is -2.45. The van der Waals surface area contributed by atoms with Crippen molar-refractivity contribution in [3.63, 3.8) is 0 Å². The van der Waals surface area contributed by atoms with E-state index in [1.807, 2.05) is 24.3 Å². The van der Waals surface area contributed by atoms with Gasteiger partial charge in [0.1, 0.15) is 17.6 Å². The fraction of sp³-hybridized carbons (Fsp3) is 0.476. The summed E-state index contributed by atoms with van der Waals surface area (Å²) in [6.07, 6.45) is 2.78. The zero-order chi connectivity index (χ0) is 19.1. The Morgan fingerprint density at radius 3 is 2.67 bits per heavy atom. The molecule has 6 heteroatoms. The molecule has 1 aromatic heterocycles. The molecule has 2 N–H and O–H groups in total. The molecule has 2 unspecified atom stereocenters. The van der Waals surface area contributed by atoms with Gasteiger partial charge in [-0.15, -0.1) is 0 Å². The van der Waals surface area contributed by atoms with Gasteiger partial charge in [-0.1, -0.05) is 32.0 Å². The largest absolute Gasteiger partial charge is 0.488 e. The van der Waals surface area contributed by atoms with Gasteiger partial charge in [0, 0.05) is 20.0 Å². The quantitative estimate of drug-likeness (QED) is 0.553. The minimum absolute atomic E-state index is 0.129. The molecular weight excluding hydrogens is 340 g/mol. The molecule has 0 aliphatic carbocycles. The molecule has 0 radical (unpaired) electrons. The van der Waals surface area contributed by atoms with Gasteiger partial charge in [-0.2, -0.15) is 0 Å². The van der Waals surface area contributed by atoms with Crippen molar-refractivity contribution >= 4 is 5.96 Å². The molecule has 2 atom stereocenters. The van der Waals surface area contributed by atoms with Gasteiger partial charge >= 0.3 is 0 Å². The van der Waals surface area contributed by atoms with E-state index in [0.29, 0.717) is 6.54 Å². The fourth-order valence-corrected chi connectivity index (χ4v) is 3.55. The number of ether oxygens (including phenoxy) is 1. The first-order valence-electron chi connectivity index (χ1n) is 9.71. The monoisotopic (exact) mass is 370 g/mol. The maximum absolute atomic E-state index is 5.99. The van der Waals surface area contributed by atoms with Crippen LogP contribution in [0.25, 0.3) is 0 Å². The Balaban J connectivity index is 1.52. The second kappa shape index (κ2) is 9.46. The molecule has 0 saturated carbocycles. The number of furan rings is 1. The SMILES string of the molecule is CCN(CC)C(CNC(=NC)NCC1Cc2ccccc2O1)c1ccco1. The summed E-state index contributed by atoms with van der Waals surface area (Å²) in [5.41, 5.74) is 1.27. The summed E-state index contributed by atoms with van der Waals surface area (Å²) in [5.74, 6) is 2.74. The highest BCUT2D eigenvalue weighted by Gasteiger charge is 2.23. The van der Waals surface area contributed by atoms with E-state index in [1.54, 1.807) is 13.3 Å². The van der Waals surface area contributed by atoms with Crippen LogP contribution in [0, 0.1) is 0 Å². The fourth-order valence-electron chi connectivity index (χ4n) is 3.55. The van der Waals surface area contributed by atoms with Crippen molar-refractivity contribution in [1.29, 1.82) is 0 Å². The summed E-state index contributed by atoms with van der Waals surface area (Å²) in [4.78, 5) is 6.72. The van der Waals surface area contributed by atoms with Crippen molar-refractivity contribution < 1.29 is 9.15 Å². The van der Waals surface area contributed by atoms with E-state index in [-0.39, 0.29) is 12.1 Å². The highest BCUT2D eigenvalue weighted by molar-refractivity contribution is 5.79. The average Bonchev–Trinajstić information content (AvgIpc) is 3.36. The van der Waals surface area contributed by atoms with Crippen LogP contribution in [0.3, 0.4) is 0 Å². The third kappa shape index (κ3) is 4.83. The number of hydrogen-bond acceptors (Lipinski definition) is 4. The second-order valence-corrected chi connectivity index (χ2v) is 6.64. The first-order chi connectivity index (χ1) is 13.2. The molecule has 2 aromatic rings.